The van der Waals surface area contributed by atoms with E-state index in [0.717, 1.165) is 39.0 Å². The van der Waals surface area contributed by atoms with Crippen molar-refractivity contribution in [1.82, 2.24) is 15.1 Å². The quantitative estimate of drug-likeness (QED) is 0.837. The van der Waals surface area contributed by atoms with E-state index < -0.39 is 0 Å². The van der Waals surface area contributed by atoms with E-state index in [2.05, 4.69) is 17.1 Å². The first-order valence-corrected chi connectivity index (χ1v) is 9.79. The molecule has 138 valence electrons. The molecule has 2 saturated heterocycles. The number of carbonyl (C=O) groups excluding carboxylic acids is 2. The maximum absolute atomic E-state index is 12.9. The number of hydrogen-bond acceptors (Lipinski definition) is 3. The van der Waals surface area contributed by atoms with Gasteiger partial charge in [-0.1, -0.05) is 26.7 Å². The maximum atomic E-state index is 12.9. The van der Waals surface area contributed by atoms with Crippen LogP contribution in [0.3, 0.4) is 0 Å². The van der Waals surface area contributed by atoms with E-state index in [9.17, 15) is 9.59 Å². The standard InChI is InChI=1S/C19H35N3O2/c1-15(2)18(23)20-13-17-9-8-12-22(14-17)19(24)16(3)21-10-6-4-5-7-11-21/h15-17H,4-14H2,1-3H3,(H,20,23). The largest absolute Gasteiger partial charge is 0.356 e. The van der Waals surface area contributed by atoms with Gasteiger partial charge in [0, 0.05) is 25.6 Å². The van der Waals surface area contributed by atoms with E-state index in [-0.39, 0.29) is 23.8 Å². The second kappa shape index (κ2) is 9.40. The van der Waals surface area contributed by atoms with Crippen LogP contribution >= 0.6 is 0 Å². The molecule has 1 N–H and O–H groups in total. The minimum atomic E-state index is -0.00731. The molecule has 2 unspecified atom stereocenters. The Morgan fingerprint density at radius 1 is 1.00 bits per heavy atom. The molecule has 2 heterocycles. The van der Waals surface area contributed by atoms with Crippen LogP contribution in [0.25, 0.3) is 0 Å². The Bertz CT molecular complexity index is 417. The lowest BCUT2D eigenvalue weighted by Crippen LogP contribution is -2.51. The van der Waals surface area contributed by atoms with Gasteiger partial charge >= 0.3 is 0 Å². The highest BCUT2D eigenvalue weighted by Gasteiger charge is 2.30. The summed E-state index contributed by atoms with van der Waals surface area (Å²) < 4.78 is 0. The molecule has 0 saturated carbocycles. The number of carbonyl (C=O) groups is 2. The van der Waals surface area contributed by atoms with Crippen LogP contribution in [0.1, 0.15) is 59.3 Å². The zero-order valence-electron chi connectivity index (χ0n) is 15.7. The van der Waals surface area contributed by atoms with Gasteiger partial charge in [0.15, 0.2) is 0 Å². The van der Waals surface area contributed by atoms with Crippen molar-refractivity contribution in [3.63, 3.8) is 0 Å². The lowest BCUT2D eigenvalue weighted by Gasteiger charge is -2.37. The molecule has 0 aromatic rings. The molecule has 5 heteroatoms. The number of nitrogens with one attached hydrogen (secondary N) is 1. The average molecular weight is 338 g/mol. The van der Waals surface area contributed by atoms with Crippen molar-refractivity contribution in [2.24, 2.45) is 11.8 Å². The van der Waals surface area contributed by atoms with Crippen LogP contribution < -0.4 is 5.32 Å². The monoisotopic (exact) mass is 337 g/mol. The SMILES string of the molecule is CC(C)C(=O)NCC1CCCN(C(=O)C(C)N2CCCCCC2)C1. The molecule has 24 heavy (non-hydrogen) atoms. The summed E-state index contributed by atoms with van der Waals surface area (Å²) in [6.07, 6.45) is 7.14. The van der Waals surface area contributed by atoms with Crippen molar-refractivity contribution in [3.05, 3.63) is 0 Å². The van der Waals surface area contributed by atoms with Crippen molar-refractivity contribution < 1.29 is 9.59 Å². The fraction of sp³-hybridized carbons (Fsp3) is 0.895. The number of amides is 2. The second-order valence-electron chi connectivity index (χ2n) is 7.82. The topological polar surface area (TPSA) is 52.7 Å². The summed E-state index contributed by atoms with van der Waals surface area (Å²) in [5.74, 6) is 0.796. The van der Waals surface area contributed by atoms with E-state index in [0.29, 0.717) is 12.5 Å². The van der Waals surface area contributed by atoms with Gasteiger partial charge in [-0.25, -0.2) is 0 Å². The van der Waals surface area contributed by atoms with Gasteiger partial charge in [0.2, 0.25) is 11.8 Å². The number of nitrogens with zero attached hydrogens (tertiary/aromatic N) is 2. The van der Waals surface area contributed by atoms with Crippen LogP contribution in [0.5, 0.6) is 0 Å². The number of piperidine rings is 1. The molecular formula is C19H35N3O2. The van der Waals surface area contributed by atoms with Gasteiger partial charge in [-0.05, 0) is 51.6 Å². The van der Waals surface area contributed by atoms with E-state index in [1.165, 1.54) is 25.7 Å². The highest BCUT2D eigenvalue weighted by Crippen LogP contribution is 2.19. The van der Waals surface area contributed by atoms with Crippen LogP contribution in [-0.4, -0.2) is 60.4 Å². The molecule has 0 bridgehead atoms. The Morgan fingerprint density at radius 3 is 2.29 bits per heavy atom. The first-order valence-electron chi connectivity index (χ1n) is 9.79. The summed E-state index contributed by atoms with van der Waals surface area (Å²) in [5, 5.41) is 3.02. The third kappa shape index (κ3) is 5.47. The van der Waals surface area contributed by atoms with Crippen molar-refractivity contribution in [2.75, 3.05) is 32.7 Å². The zero-order valence-corrected chi connectivity index (χ0v) is 15.7. The smallest absolute Gasteiger partial charge is 0.239 e. The number of hydrogen-bond donors (Lipinski definition) is 1. The van der Waals surface area contributed by atoms with Crippen LogP contribution in [0.15, 0.2) is 0 Å². The Balaban J connectivity index is 1.83. The van der Waals surface area contributed by atoms with Crippen LogP contribution in [0, 0.1) is 11.8 Å². The summed E-state index contributed by atoms with van der Waals surface area (Å²) in [4.78, 5) is 29.0. The molecule has 0 spiro atoms. The zero-order chi connectivity index (χ0) is 17.5. The van der Waals surface area contributed by atoms with Crippen molar-refractivity contribution in [3.8, 4) is 0 Å². The Labute approximate surface area is 147 Å². The predicted molar refractivity (Wildman–Crippen MR) is 96.7 cm³/mol. The van der Waals surface area contributed by atoms with Gasteiger partial charge in [0.25, 0.3) is 0 Å². The normalized spacial score (nSPS) is 24.5. The maximum Gasteiger partial charge on any atom is 0.239 e. The summed E-state index contributed by atoms with van der Waals surface area (Å²) in [6.45, 7) is 10.3. The average Bonchev–Trinajstić information content (AvgIpc) is 2.87. The lowest BCUT2D eigenvalue weighted by atomic mass is 9.97. The fourth-order valence-electron chi connectivity index (χ4n) is 3.78. The Morgan fingerprint density at radius 2 is 1.67 bits per heavy atom. The minimum Gasteiger partial charge on any atom is -0.356 e. The minimum absolute atomic E-state index is 0.00731. The van der Waals surface area contributed by atoms with Gasteiger partial charge in [-0.15, -0.1) is 0 Å². The van der Waals surface area contributed by atoms with Gasteiger partial charge in [-0.3, -0.25) is 14.5 Å². The Kier molecular flexibility index (Phi) is 7.53. The molecule has 0 aromatic carbocycles. The van der Waals surface area contributed by atoms with Crippen molar-refractivity contribution >= 4 is 11.8 Å². The predicted octanol–water partition coefficient (Wildman–Crippen LogP) is 2.26. The molecule has 2 fully saturated rings. The third-order valence-electron chi connectivity index (χ3n) is 5.47. The van der Waals surface area contributed by atoms with E-state index in [4.69, 9.17) is 0 Å². The molecule has 2 atom stereocenters. The van der Waals surface area contributed by atoms with Crippen molar-refractivity contribution in [2.45, 2.75) is 65.3 Å². The summed E-state index contributed by atoms with van der Waals surface area (Å²) >= 11 is 0. The van der Waals surface area contributed by atoms with Crippen LogP contribution in [-0.2, 0) is 9.59 Å². The lowest BCUT2D eigenvalue weighted by molar-refractivity contribution is -0.138. The molecule has 2 rings (SSSR count). The summed E-state index contributed by atoms with van der Waals surface area (Å²) in [5.41, 5.74) is 0. The number of rotatable bonds is 5. The Hall–Kier alpha value is -1.10. The molecule has 0 aliphatic carbocycles. The summed E-state index contributed by atoms with van der Waals surface area (Å²) in [6, 6.07) is -0.00731. The molecule has 2 amide bonds. The van der Waals surface area contributed by atoms with Gasteiger partial charge < -0.3 is 10.2 Å². The van der Waals surface area contributed by atoms with Crippen molar-refractivity contribution in [1.29, 1.82) is 0 Å². The molecule has 0 aromatic heterocycles. The van der Waals surface area contributed by atoms with Crippen LogP contribution in [0.2, 0.25) is 0 Å². The molecule has 5 nitrogen and oxygen atoms in total. The first-order chi connectivity index (χ1) is 11.5. The van der Waals surface area contributed by atoms with E-state index >= 15 is 0 Å². The molecule has 2 aliphatic rings. The fourth-order valence-corrected chi connectivity index (χ4v) is 3.78. The van der Waals surface area contributed by atoms with Gasteiger partial charge in [0.05, 0.1) is 6.04 Å². The van der Waals surface area contributed by atoms with E-state index in [1.54, 1.807) is 0 Å². The molecule has 2 aliphatic heterocycles. The van der Waals surface area contributed by atoms with Gasteiger partial charge in [0.1, 0.15) is 0 Å². The first kappa shape index (κ1) is 19.2. The highest BCUT2D eigenvalue weighted by atomic mass is 16.2. The highest BCUT2D eigenvalue weighted by molar-refractivity contribution is 5.81. The van der Waals surface area contributed by atoms with Crippen LogP contribution in [0.4, 0.5) is 0 Å². The third-order valence-corrected chi connectivity index (χ3v) is 5.47. The summed E-state index contributed by atoms with van der Waals surface area (Å²) in [7, 11) is 0. The van der Waals surface area contributed by atoms with Gasteiger partial charge in [-0.2, -0.15) is 0 Å². The second-order valence-corrected chi connectivity index (χ2v) is 7.82. The number of likely N-dealkylation sites (tertiary alicyclic amines) is 2. The molecule has 0 radical (unpaired) electrons. The van der Waals surface area contributed by atoms with E-state index in [1.807, 2.05) is 18.7 Å². The molecular weight excluding hydrogens is 302 g/mol.